The van der Waals surface area contributed by atoms with E-state index in [1.165, 1.54) is 116 Å². The summed E-state index contributed by atoms with van der Waals surface area (Å²) in [6.45, 7) is 3.78. The van der Waals surface area contributed by atoms with Crippen LogP contribution >= 0.6 is 7.82 Å². The Morgan fingerprint density at radius 2 is 1.20 bits per heavy atom. The standard InChI is InChI=1S/C45H89N2O11P/c1-6-8-10-12-14-16-18-20-22-24-26-28-30-32-39(48)38(46-41(49)33-31-29-27-25-23-21-19-17-15-13-11-9-7-2)36-55-45-44(52)43(51)42(50)40(58-45)37-57-59(53,54)56-35-34-47(3,4)5/h30,32,38-40,42-45,48,50-52H,6-29,31,33-37H2,1-5H3,(H-,46,49,53,54)/b32-30+/t38-,39+,40?,42?,43?,44?,45?/m0/s1. The number of ether oxygens (including phenoxy) is 2. The van der Waals surface area contributed by atoms with E-state index in [-0.39, 0.29) is 19.1 Å². The monoisotopic (exact) mass is 865 g/mol. The summed E-state index contributed by atoms with van der Waals surface area (Å²) in [7, 11) is 0.872. The fraction of sp³-hybridized carbons (Fsp3) is 0.933. The van der Waals surface area contributed by atoms with Gasteiger partial charge in [-0.2, -0.15) is 0 Å². The predicted molar refractivity (Wildman–Crippen MR) is 234 cm³/mol. The Bertz CT molecular complexity index is 1090. The normalized spacial score (nSPS) is 22.1. The molecule has 0 spiro atoms. The van der Waals surface area contributed by atoms with Crippen molar-refractivity contribution in [3.63, 3.8) is 0 Å². The van der Waals surface area contributed by atoms with Crippen LogP contribution in [0, 0.1) is 0 Å². The quantitative estimate of drug-likeness (QED) is 0.0177. The first-order valence-electron chi connectivity index (χ1n) is 23.6. The molecule has 1 heterocycles. The van der Waals surface area contributed by atoms with Crippen molar-refractivity contribution >= 4 is 13.7 Å². The molecule has 1 rings (SSSR count). The van der Waals surface area contributed by atoms with Crippen molar-refractivity contribution in [1.82, 2.24) is 5.32 Å². The van der Waals surface area contributed by atoms with E-state index in [0.717, 1.165) is 44.9 Å². The molecule has 1 fully saturated rings. The van der Waals surface area contributed by atoms with Crippen LogP contribution < -0.4 is 10.2 Å². The van der Waals surface area contributed by atoms with Crippen LogP contribution in [0.5, 0.6) is 0 Å². The molecular formula is C45H89N2O11P. The number of hydrogen-bond acceptors (Lipinski definition) is 11. The van der Waals surface area contributed by atoms with Gasteiger partial charge in [-0.25, -0.2) is 0 Å². The molecule has 0 aromatic heterocycles. The summed E-state index contributed by atoms with van der Waals surface area (Å²) in [6.07, 6.45) is 24.8. The number of likely N-dealkylation sites (N-methyl/N-ethyl adjacent to an activating group) is 1. The van der Waals surface area contributed by atoms with E-state index in [1.54, 1.807) is 6.08 Å². The molecule has 1 amide bonds. The number of quaternary nitrogens is 1. The maximum absolute atomic E-state index is 13.1. The lowest BCUT2D eigenvalue weighted by molar-refractivity contribution is -0.870. The summed E-state index contributed by atoms with van der Waals surface area (Å²) in [6, 6.07) is -0.899. The van der Waals surface area contributed by atoms with E-state index in [4.69, 9.17) is 18.5 Å². The van der Waals surface area contributed by atoms with Crippen LogP contribution in [0.25, 0.3) is 0 Å². The minimum Gasteiger partial charge on any atom is -0.756 e. The van der Waals surface area contributed by atoms with E-state index in [0.29, 0.717) is 17.4 Å². The maximum atomic E-state index is 13.1. The number of carbonyl (C=O) groups excluding carboxylic acids is 1. The fourth-order valence-corrected chi connectivity index (χ4v) is 7.83. The lowest BCUT2D eigenvalue weighted by Gasteiger charge is -2.41. The Labute approximate surface area is 359 Å². The zero-order valence-corrected chi connectivity index (χ0v) is 38.8. The van der Waals surface area contributed by atoms with Gasteiger partial charge in [0.05, 0.1) is 46.5 Å². The molecule has 0 bridgehead atoms. The molecule has 5 N–H and O–H groups in total. The van der Waals surface area contributed by atoms with Gasteiger partial charge in [-0.05, 0) is 19.3 Å². The first-order valence-corrected chi connectivity index (χ1v) is 25.0. The van der Waals surface area contributed by atoms with E-state index in [2.05, 4.69) is 19.2 Å². The molecule has 14 heteroatoms. The molecule has 13 nitrogen and oxygen atoms in total. The Morgan fingerprint density at radius 3 is 1.69 bits per heavy atom. The lowest BCUT2D eigenvalue weighted by Crippen LogP contribution is -2.60. The number of hydrogen-bond donors (Lipinski definition) is 5. The first-order chi connectivity index (χ1) is 28.2. The fourth-order valence-electron chi connectivity index (χ4n) is 7.12. The zero-order chi connectivity index (χ0) is 43.8. The number of phosphoric ester groups is 1. The molecule has 0 radical (unpaired) electrons. The number of rotatable bonds is 39. The number of nitrogens with zero attached hydrogens (tertiary/aromatic N) is 1. The van der Waals surface area contributed by atoms with Gasteiger partial charge < -0.3 is 53.6 Å². The highest BCUT2D eigenvalue weighted by Gasteiger charge is 2.45. The third-order valence-electron chi connectivity index (χ3n) is 11.1. The molecule has 59 heavy (non-hydrogen) atoms. The molecular weight excluding hydrogens is 775 g/mol. The van der Waals surface area contributed by atoms with Crippen molar-refractivity contribution in [1.29, 1.82) is 0 Å². The van der Waals surface area contributed by atoms with E-state index >= 15 is 0 Å². The van der Waals surface area contributed by atoms with Gasteiger partial charge in [-0.3, -0.25) is 9.36 Å². The molecule has 1 saturated heterocycles. The van der Waals surface area contributed by atoms with Crippen LogP contribution in [0.4, 0.5) is 0 Å². The van der Waals surface area contributed by atoms with E-state index in [1.807, 2.05) is 27.2 Å². The summed E-state index contributed by atoms with van der Waals surface area (Å²) in [5.74, 6) is -0.234. The SMILES string of the molecule is CCCCCCCCCCCCC/C=C/[C@@H](O)[C@H](COC1OC(COP(=O)([O-])OCC[N+](C)(C)C)C(O)C(O)C1O)NC(=O)CCCCCCCCCCCCCCC. The second kappa shape index (κ2) is 34.5. The van der Waals surface area contributed by atoms with Gasteiger partial charge in [0, 0.05) is 6.42 Å². The van der Waals surface area contributed by atoms with Crippen molar-refractivity contribution in [3.8, 4) is 0 Å². The van der Waals surface area contributed by atoms with Crippen molar-refractivity contribution < 1.29 is 57.7 Å². The van der Waals surface area contributed by atoms with Crippen molar-refractivity contribution in [2.75, 3.05) is 47.5 Å². The Kier molecular flexibility index (Phi) is 32.8. The molecule has 0 aromatic rings. The van der Waals surface area contributed by atoms with Crippen molar-refractivity contribution in [3.05, 3.63) is 12.2 Å². The second-order valence-corrected chi connectivity index (χ2v) is 19.3. The van der Waals surface area contributed by atoms with Crippen LogP contribution in [-0.4, -0.2) is 121 Å². The minimum atomic E-state index is -4.77. The van der Waals surface area contributed by atoms with Crippen LogP contribution in [0.1, 0.15) is 181 Å². The van der Waals surface area contributed by atoms with Crippen LogP contribution in [0.3, 0.4) is 0 Å². The topological polar surface area (TPSA) is 187 Å². The lowest BCUT2D eigenvalue weighted by atomic mass is 9.99. The number of allylic oxidation sites excluding steroid dienone is 1. The van der Waals surface area contributed by atoms with Gasteiger partial charge in [0.1, 0.15) is 37.6 Å². The zero-order valence-electron chi connectivity index (χ0n) is 38.0. The summed E-state index contributed by atoms with van der Waals surface area (Å²) < 4.78 is 34.2. The number of nitrogens with one attached hydrogen (secondary N) is 1. The maximum Gasteiger partial charge on any atom is 0.268 e. The smallest absolute Gasteiger partial charge is 0.268 e. The highest BCUT2D eigenvalue weighted by molar-refractivity contribution is 7.45. The van der Waals surface area contributed by atoms with Crippen LogP contribution in [-0.2, 0) is 27.9 Å². The third-order valence-corrected chi connectivity index (χ3v) is 12.1. The average molecular weight is 865 g/mol. The number of amides is 1. The molecule has 1 aliphatic rings. The van der Waals surface area contributed by atoms with Crippen LogP contribution in [0.2, 0.25) is 0 Å². The second-order valence-electron chi connectivity index (χ2n) is 17.8. The summed E-state index contributed by atoms with van der Waals surface area (Å²) in [5.41, 5.74) is 0. The average Bonchev–Trinajstić information content (AvgIpc) is 3.18. The molecule has 6 unspecified atom stereocenters. The first kappa shape index (κ1) is 56.1. The molecule has 0 saturated carbocycles. The molecule has 0 aliphatic carbocycles. The number of phosphoric acid groups is 1. The highest BCUT2D eigenvalue weighted by Crippen LogP contribution is 2.39. The number of unbranched alkanes of at least 4 members (excludes halogenated alkanes) is 23. The molecule has 1 aliphatic heterocycles. The summed E-state index contributed by atoms with van der Waals surface area (Å²) in [4.78, 5) is 25.4. The number of carbonyl (C=O) groups is 1. The summed E-state index contributed by atoms with van der Waals surface area (Å²) >= 11 is 0. The molecule has 350 valence electrons. The Balaban J connectivity index is 2.67. The van der Waals surface area contributed by atoms with Crippen molar-refractivity contribution in [2.24, 2.45) is 0 Å². The third kappa shape index (κ3) is 29.9. The van der Waals surface area contributed by atoms with E-state index in [9.17, 15) is 34.7 Å². The largest absolute Gasteiger partial charge is 0.756 e. The Morgan fingerprint density at radius 1 is 0.729 bits per heavy atom. The van der Waals surface area contributed by atoms with Crippen LogP contribution in [0.15, 0.2) is 12.2 Å². The van der Waals surface area contributed by atoms with E-state index < -0.39 is 57.3 Å². The van der Waals surface area contributed by atoms with Gasteiger partial charge in [0.25, 0.3) is 7.82 Å². The Hall–Kier alpha value is -0.960. The predicted octanol–water partition coefficient (Wildman–Crippen LogP) is 7.60. The highest BCUT2D eigenvalue weighted by atomic mass is 31.2. The van der Waals surface area contributed by atoms with Gasteiger partial charge >= 0.3 is 0 Å². The van der Waals surface area contributed by atoms with Gasteiger partial charge in [0.2, 0.25) is 5.91 Å². The minimum absolute atomic E-state index is 0.117. The van der Waals surface area contributed by atoms with Crippen molar-refractivity contribution in [2.45, 2.75) is 224 Å². The summed E-state index contributed by atoms with van der Waals surface area (Å²) in [5, 5.41) is 45.9. The van der Waals surface area contributed by atoms with Gasteiger partial charge in [-0.1, -0.05) is 167 Å². The molecule has 8 atom stereocenters. The van der Waals surface area contributed by atoms with Gasteiger partial charge in [0.15, 0.2) is 6.29 Å². The van der Waals surface area contributed by atoms with Gasteiger partial charge in [-0.15, -0.1) is 0 Å². The number of aliphatic hydroxyl groups excluding tert-OH is 4. The number of aliphatic hydroxyl groups is 4. The molecule has 0 aromatic carbocycles.